The second-order valence-corrected chi connectivity index (χ2v) is 4.72. The summed E-state index contributed by atoms with van der Waals surface area (Å²) in [5.41, 5.74) is 1.39. The Hall–Kier alpha value is -1.81. The molecular formula is C14H15NO3. The fraction of sp³-hybridized carbons (Fsp3) is 0.357. The van der Waals surface area contributed by atoms with E-state index in [4.69, 9.17) is 4.42 Å². The van der Waals surface area contributed by atoms with Crippen molar-refractivity contribution in [3.63, 3.8) is 0 Å². The van der Waals surface area contributed by atoms with Gasteiger partial charge in [-0.15, -0.1) is 0 Å². The van der Waals surface area contributed by atoms with Crippen LogP contribution in [0.4, 0.5) is 0 Å². The van der Waals surface area contributed by atoms with Crippen LogP contribution < -0.4 is 5.32 Å². The fourth-order valence-corrected chi connectivity index (χ4v) is 2.31. The zero-order valence-electron chi connectivity index (χ0n) is 9.98. The van der Waals surface area contributed by atoms with Crippen LogP contribution in [-0.4, -0.2) is 17.1 Å². The second kappa shape index (κ2) is 4.46. The minimum atomic E-state index is -1.00. The van der Waals surface area contributed by atoms with Crippen LogP contribution in [0.25, 0.3) is 11.0 Å². The summed E-state index contributed by atoms with van der Waals surface area (Å²) in [5.74, 6) is -0.945. The van der Waals surface area contributed by atoms with Crippen molar-refractivity contribution in [2.75, 3.05) is 0 Å². The largest absolute Gasteiger partial charge is 0.475 e. The molecule has 0 spiro atoms. The van der Waals surface area contributed by atoms with Gasteiger partial charge in [0.2, 0.25) is 5.76 Å². The highest BCUT2D eigenvalue weighted by atomic mass is 16.4. The van der Waals surface area contributed by atoms with Gasteiger partial charge in [-0.05, 0) is 18.9 Å². The topological polar surface area (TPSA) is 62.5 Å². The summed E-state index contributed by atoms with van der Waals surface area (Å²) in [7, 11) is 0. The van der Waals surface area contributed by atoms with Crippen molar-refractivity contribution in [2.24, 2.45) is 0 Å². The Bertz CT molecular complexity index is 584. The molecule has 0 unspecified atom stereocenters. The number of furan rings is 1. The molecule has 94 valence electrons. The smallest absolute Gasteiger partial charge is 0.372 e. The fourth-order valence-electron chi connectivity index (χ4n) is 2.31. The molecule has 4 heteroatoms. The van der Waals surface area contributed by atoms with Gasteiger partial charge in [0.05, 0.1) is 0 Å². The van der Waals surface area contributed by atoms with Crippen molar-refractivity contribution in [1.82, 2.24) is 5.32 Å². The van der Waals surface area contributed by atoms with Gasteiger partial charge in [-0.3, -0.25) is 0 Å². The van der Waals surface area contributed by atoms with Gasteiger partial charge in [0, 0.05) is 23.5 Å². The van der Waals surface area contributed by atoms with Crippen LogP contribution in [0.5, 0.6) is 0 Å². The van der Waals surface area contributed by atoms with Crippen molar-refractivity contribution in [3.05, 3.63) is 35.6 Å². The van der Waals surface area contributed by atoms with Gasteiger partial charge in [0.25, 0.3) is 0 Å². The molecule has 2 aromatic rings. The molecule has 0 aliphatic heterocycles. The van der Waals surface area contributed by atoms with E-state index in [0.29, 0.717) is 18.2 Å². The maximum atomic E-state index is 11.2. The molecule has 1 aliphatic rings. The van der Waals surface area contributed by atoms with Gasteiger partial charge in [-0.1, -0.05) is 24.6 Å². The zero-order chi connectivity index (χ0) is 12.5. The third kappa shape index (κ3) is 1.88. The van der Waals surface area contributed by atoms with Crippen molar-refractivity contribution in [2.45, 2.75) is 31.8 Å². The highest BCUT2D eigenvalue weighted by Crippen LogP contribution is 2.27. The first-order valence-electron chi connectivity index (χ1n) is 6.23. The van der Waals surface area contributed by atoms with E-state index in [0.717, 1.165) is 10.9 Å². The lowest BCUT2D eigenvalue weighted by molar-refractivity contribution is 0.0663. The lowest BCUT2D eigenvalue weighted by Gasteiger charge is -2.26. The lowest BCUT2D eigenvalue weighted by Crippen LogP contribution is -2.34. The first-order chi connectivity index (χ1) is 8.75. The monoisotopic (exact) mass is 245 g/mol. The van der Waals surface area contributed by atoms with E-state index < -0.39 is 5.97 Å². The maximum absolute atomic E-state index is 11.2. The zero-order valence-corrected chi connectivity index (χ0v) is 9.98. The van der Waals surface area contributed by atoms with Crippen LogP contribution in [0.15, 0.2) is 28.7 Å². The van der Waals surface area contributed by atoms with E-state index in [2.05, 4.69) is 5.32 Å². The van der Waals surface area contributed by atoms with E-state index >= 15 is 0 Å². The summed E-state index contributed by atoms with van der Waals surface area (Å²) < 4.78 is 5.41. The number of aromatic carboxylic acids is 1. The summed E-state index contributed by atoms with van der Waals surface area (Å²) in [6, 6.07) is 7.98. The molecule has 3 rings (SSSR count). The molecule has 0 radical (unpaired) electrons. The molecule has 1 aromatic heterocycles. The van der Waals surface area contributed by atoms with Crippen LogP contribution in [0.2, 0.25) is 0 Å². The Morgan fingerprint density at radius 3 is 2.83 bits per heavy atom. The first-order valence-corrected chi connectivity index (χ1v) is 6.23. The molecule has 2 N–H and O–H groups in total. The summed E-state index contributed by atoms with van der Waals surface area (Å²) in [6.07, 6.45) is 3.62. The first kappa shape index (κ1) is 11.3. The van der Waals surface area contributed by atoms with Crippen molar-refractivity contribution >= 4 is 16.9 Å². The molecule has 1 heterocycles. The molecule has 4 nitrogen and oxygen atoms in total. The number of rotatable bonds is 4. The van der Waals surface area contributed by atoms with Crippen LogP contribution in [0.3, 0.4) is 0 Å². The molecule has 18 heavy (non-hydrogen) atoms. The van der Waals surface area contributed by atoms with Crippen LogP contribution in [-0.2, 0) is 6.54 Å². The second-order valence-electron chi connectivity index (χ2n) is 4.72. The van der Waals surface area contributed by atoms with Crippen LogP contribution >= 0.6 is 0 Å². The van der Waals surface area contributed by atoms with E-state index in [9.17, 15) is 9.90 Å². The molecule has 1 aromatic carbocycles. The van der Waals surface area contributed by atoms with Gasteiger partial charge in [0.1, 0.15) is 5.58 Å². The van der Waals surface area contributed by atoms with Crippen molar-refractivity contribution in [3.8, 4) is 0 Å². The number of hydrogen-bond acceptors (Lipinski definition) is 3. The summed E-state index contributed by atoms with van der Waals surface area (Å²) in [6.45, 7) is 0.559. The Morgan fingerprint density at radius 1 is 1.39 bits per heavy atom. The molecule has 1 saturated carbocycles. The minimum Gasteiger partial charge on any atom is -0.475 e. The predicted molar refractivity (Wildman–Crippen MR) is 67.7 cm³/mol. The summed E-state index contributed by atoms with van der Waals surface area (Å²) in [4.78, 5) is 11.2. The molecule has 0 atom stereocenters. The number of carboxylic acids is 1. The standard InChI is InChI=1S/C14H15NO3/c16-14(17)13-11(8-15-9-4-3-5-9)10-6-1-2-7-12(10)18-13/h1-2,6-7,9,15H,3-5,8H2,(H,16,17). The number of carboxylic acid groups (broad SMARTS) is 1. The number of nitrogens with one attached hydrogen (secondary N) is 1. The van der Waals surface area contributed by atoms with Crippen molar-refractivity contribution in [1.29, 1.82) is 0 Å². The minimum absolute atomic E-state index is 0.0584. The lowest BCUT2D eigenvalue weighted by atomic mass is 9.93. The van der Waals surface area contributed by atoms with Gasteiger partial charge < -0.3 is 14.8 Å². The van der Waals surface area contributed by atoms with E-state index in [1.807, 2.05) is 18.2 Å². The van der Waals surface area contributed by atoms with E-state index in [1.165, 1.54) is 19.3 Å². The van der Waals surface area contributed by atoms with Gasteiger partial charge in [-0.25, -0.2) is 4.79 Å². The quantitative estimate of drug-likeness (QED) is 0.869. The van der Waals surface area contributed by atoms with Gasteiger partial charge in [0.15, 0.2) is 0 Å². The third-order valence-corrected chi connectivity index (χ3v) is 3.57. The number of fused-ring (bicyclic) bond motifs is 1. The van der Waals surface area contributed by atoms with Gasteiger partial charge >= 0.3 is 5.97 Å². The molecule has 0 amide bonds. The molecule has 0 saturated heterocycles. The third-order valence-electron chi connectivity index (χ3n) is 3.57. The number of para-hydroxylation sites is 1. The molecule has 1 aliphatic carbocycles. The number of benzene rings is 1. The Kier molecular flexibility index (Phi) is 2.80. The SMILES string of the molecule is O=C(O)c1oc2ccccc2c1CNC1CCC1. The normalized spacial score (nSPS) is 15.8. The Morgan fingerprint density at radius 2 is 2.17 bits per heavy atom. The highest BCUT2D eigenvalue weighted by molar-refractivity contribution is 5.95. The van der Waals surface area contributed by atoms with Crippen LogP contribution in [0, 0.1) is 0 Å². The molecule has 1 fully saturated rings. The van der Waals surface area contributed by atoms with Crippen molar-refractivity contribution < 1.29 is 14.3 Å². The predicted octanol–water partition coefficient (Wildman–Crippen LogP) is 2.77. The molecular weight excluding hydrogens is 230 g/mol. The average Bonchev–Trinajstić information content (AvgIpc) is 2.66. The Balaban J connectivity index is 1.95. The molecule has 0 bridgehead atoms. The Labute approximate surface area is 105 Å². The summed E-state index contributed by atoms with van der Waals surface area (Å²) >= 11 is 0. The number of carbonyl (C=O) groups is 1. The number of hydrogen-bond donors (Lipinski definition) is 2. The summed E-state index contributed by atoms with van der Waals surface area (Å²) in [5, 5.41) is 13.5. The maximum Gasteiger partial charge on any atom is 0.372 e. The highest BCUT2D eigenvalue weighted by Gasteiger charge is 2.22. The average molecular weight is 245 g/mol. The van der Waals surface area contributed by atoms with Gasteiger partial charge in [-0.2, -0.15) is 0 Å². The van der Waals surface area contributed by atoms with Crippen LogP contribution in [0.1, 0.15) is 35.4 Å². The van der Waals surface area contributed by atoms with E-state index in [1.54, 1.807) is 6.07 Å². The van der Waals surface area contributed by atoms with E-state index in [-0.39, 0.29) is 5.76 Å².